The van der Waals surface area contributed by atoms with Gasteiger partial charge in [-0.25, -0.2) is 13.2 Å². The van der Waals surface area contributed by atoms with E-state index in [2.05, 4.69) is 0 Å². The van der Waals surface area contributed by atoms with E-state index < -0.39 is 16.0 Å². The summed E-state index contributed by atoms with van der Waals surface area (Å²) in [7, 11) is -3.73. The molecule has 6 nitrogen and oxygen atoms in total. The number of morpholine rings is 1. The third-order valence-electron chi connectivity index (χ3n) is 4.70. The maximum atomic E-state index is 13.0. The van der Waals surface area contributed by atoms with E-state index in [1.807, 2.05) is 45.9 Å². The minimum Gasteiger partial charge on any atom is -0.422 e. The van der Waals surface area contributed by atoms with Gasteiger partial charge in [-0.1, -0.05) is 24.3 Å². The summed E-state index contributed by atoms with van der Waals surface area (Å²) in [6, 6.07) is 11.6. The van der Waals surface area contributed by atoms with E-state index in [9.17, 15) is 13.2 Å². The second-order valence-electron chi connectivity index (χ2n) is 7.22. The van der Waals surface area contributed by atoms with Crippen LogP contribution in [-0.2, 0) is 14.8 Å². The standard InChI is InChI=1S/C21H25NO5S/c1-14-7-5-8-15(2)20(14)27-21(23)18-9-6-10-19(11-18)28(24,25)22-12-16(3)26-17(4)13-22/h5-11,16-17H,12-13H2,1-4H3. The maximum absolute atomic E-state index is 13.0. The molecule has 1 aliphatic heterocycles. The van der Waals surface area contributed by atoms with Crippen molar-refractivity contribution in [3.05, 3.63) is 59.2 Å². The van der Waals surface area contributed by atoms with Crippen LogP contribution in [0, 0.1) is 13.8 Å². The van der Waals surface area contributed by atoms with Crippen molar-refractivity contribution in [2.45, 2.75) is 44.8 Å². The number of esters is 1. The van der Waals surface area contributed by atoms with Gasteiger partial charge in [0.25, 0.3) is 0 Å². The Labute approximate surface area is 166 Å². The van der Waals surface area contributed by atoms with Crippen LogP contribution in [0.3, 0.4) is 0 Å². The molecule has 0 radical (unpaired) electrons. The maximum Gasteiger partial charge on any atom is 0.343 e. The van der Waals surface area contributed by atoms with E-state index in [1.165, 1.54) is 16.4 Å². The van der Waals surface area contributed by atoms with E-state index >= 15 is 0 Å². The number of carbonyl (C=O) groups is 1. The van der Waals surface area contributed by atoms with Crippen LogP contribution in [0.25, 0.3) is 0 Å². The third kappa shape index (κ3) is 4.27. The van der Waals surface area contributed by atoms with Gasteiger partial charge in [-0.05, 0) is 57.0 Å². The highest BCUT2D eigenvalue weighted by molar-refractivity contribution is 7.89. The van der Waals surface area contributed by atoms with Gasteiger partial charge in [-0.2, -0.15) is 4.31 Å². The second-order valence-corrected chi connectivity index (χ2v) is 9.16. The van der Waals surface area contributed by atoms with E-state index in [0.717, 1.165) is 11.1 Å². The van der Waals surface area contributed by atoms with Crippen LogP contribution in [0.5, 0.6) is 5.75 Å². The Morgan fingerprint density at radius 1 is 1.04 bits per heavy atom. The highest BCUT2D eigenvalue weighted by Gasteiger charge is 2.32. The Morgan fingerprint density at radius 3 is 2.21 bits per heavy atom. The first-order chi connectivity index (χ1) is 13.2. The number of sulfonamides is 1. The van der Waals surface area contributed by atoms with Crippen molar-refractivity contribution >= 4 is 16.0 Å². The summed E-state index contributed by atoms with van der Waals surface area (Å²) in [6.45, 7) is 7.97. The van der Waals surface area contributed by atoms with Gasteiger partial charge in [0, 0.05) is 13.1 Å². The number of rotatable bonds is 4. The molecule has 0 aliphatic carbocycles. The minimum atomic E-state index is -3.73. The topological polar surface area (TPSA) is 72.9 Å². The van der Waals surface area contributed by atoms with Crippen molar-refractivity contribution in [1.29, 1.82) is 0 Å². The lowest BCUT2D eigenvalue weighted by atomic mass is 10.1. The summed E-state index contributed by atoms with van der Waals surface area (Å²) in [5, 5.41) is 0. The molecule has 2 atom stereocenters. The number of benzene rings is 2. The zero-order chi connectivity index (χ0) is 20.5. The van der Waals surface area contributed by atoms with Crippen LogP contribution in [-0.4, -0.2) is 44.0 Å². The zero-order valence-corrected chi connectivity index (χ0v) is 17.3. The number of hydrogen-bond acceptors (Lipinski definition) is 5. The zero-order valence-electron chi connectivity index (χ0n) is 16.5. The summed E-state index contributed by atoms with van der Waals surface area (Å²) in [4.78, 5) is 12.7. The van der Waals surface area contributed by atoms with Crippen LogP contribution in [0.2, 0.25) is 0 Å². The highest BCUT2D eigenvalue weighted by atomic mass is 32.2. The van der Waals surface area contributed by atoms with Gasteiger partial charge in [-0.3, -0.25) is 0 Å². The molecule has 2 aromatic carbocycles. The fourth-order valence-corrected chi connectivity index (χ4v) is 5.01. The van der Waals surface area contributed by atoms with E-state index in [4.69, 9.17) is 9.47 Å². The quantitative estimate of drug-likeness (QED) is 0.578. The van der Waals surface area contributed by atoms with Crippen LogP contribution in [0.15, 0.2) is 47.4 Å². The molecule has 0 aromatic heterocycles. The Bertz CT molecular complexity index is 956. The number of para-hydroxylation sites is 1. The van der Waals surface area contributed by atoms with Gasteiger partial charge in [0.1, 0.15) is 5.75 Å². The normalized spacial score (nSPS) is 20.7. The lowest BCUT2D eigenvalue weighted by Gasteiger charge is -2.34. The van der Waals surface area contributed by atoms with Gasteiger partial charge in [-0.15, -0.1) is 0 Å². The van der Waals surface area contributed by atoms with Crippen LogP contribution < -0.4 is 4.74 Å². The van der Waals surface area contributed by atoms with Crippen LogP contribution in [0.1, 0.15) is 35.3 Å². The number of aryl methyl sites for hydroxylation is 2. The molecule has 1 heterocycles. The Hall–Kier alpha value is -2.22. The van der Waals surface area contributed by atoms with Gasteiger partial charge in [0.15, 0.2) is 0 Å². The molecule has 0 bridgehead atoms. The summed E-state index contributed by atoms with van der Waals surface area (Å²) >= 11 is 0. The van der Waals surface area contributed by atoms with Crippen molar-refractivity contribution in [3.8, 4) is 5.75 Å². The molecular formula is C21H25NO5S. The van der Waals surface area contributed by atoms with Crippen molar-refractivity contribution in [2.24, 2.45) is 0 Å². The summed E-state index contributed by atoms with van der Waals surface area (Å²) < 4.78 is 38.6. The van der Waals surface area contributed by atoms with Crippen molar-refractivity contribution in [1.82, 2.24) is 4.31 Å². The van der Waals surface area contributed by atoms with Crippen molar-refractivity contribution in [2.75, 3.05) is 13.1 Å². The molecular weight excluding hydrogens is 378 g/mol. The molecule has 0 N–H and O–H groups in total. The summed E-state index contributed by atoms with van der Waals surface area (Å²) in [5.74, 6) is -0.0882. The lowest BCUT2D eigenvalue weighted by Crippen LogP contribution is -2.48. The molecule has 2 unspecified atom stereocenters. The van der Waals surface area contributed by atoms with Crippen LogP contribution >= 0.6 is 0 Å². The molecule has 28 heavy (non-hydrogen) atoms. The smallest absolute Gasteiger partial charge is 0.343 e. The third-order valence-corrected chi connectivity index (χ3v) is 6.52. The summed E-state index contributed by atoms with van der Waals surface area (Å²) in [6.07, 6.45) is -0.369. The molecule has 2 aromatic rings. The monoisotopic (exact) mass is 403 g/mol. The molecule has 1 fully saturated rings. The summed E-state index contributed by atoms with van der Waals surface area (Å²) in [5.41, 5.74) is 1.87. The molecule has 0 saturated carbocycles. The molecule has 3 rings (SSSR count). The molecule has 150 valence electrons. The predicted molar refractivity (Wildman–Crippen MR) is 106 cm³/mol. The molecule has 0 spiro atoms. The van der Waals surface area contributed by atoms with Crippen molar-refractivity contribution in [3.63, 3.8) is 0 Å². The van der Waals surface area contributed by atoms with Crippen LogP contribution in [0.4, 0.5) is 0 Å². The Kier molecular flexibility index (Phi) is 5.88. The average Bonchev–Trinajstić information content (AvgIpc) is 2.64. The van der Waals surface area contributed by atoms with Gasteiger partial charge < -0.3 is 9.47 Å². The first-order valence-electron chi connectivity index (χ1n) is 9.22. The van der Waals surface area contributed by atoms with Gasteiger partial charge >= 0.3 is 5.97 Å². The van der Waals surface area contributed by atoms with E-state index in [1.54, 1.807) is 12.1 Å². The largest absolute Gasteiger partial charge is 0.422 e. The Morgan fingerprint density at radius 2 is 1.61 bits per heavy atom. The molecule has 7 heteroatoms. The van der Waals surface area contributed by atoms with E-state index in [0.29, 0.717) is 5.75 Å². The minimum absolute atomic E-state index is 0.0738. The average molecular weight is 404 g/mol. The number of ether oxygens (including phenoxy) is 2. The van der Waals surface area contributed by atoms with E-state index in [-0.39, 0.29) is 35.8 Å². The molecule has 1 saturated heterocycles. The number of hydrogen-bond donors (Lipinski definition) is 0. The Balaban J connectivity index is 1.86. The fraction of sp³-hybridized carbons (Fsp3) is 0.381. The first-order valence-corrected chi connectivity index (χ1v) is 10.7. The van der Waals surface area contributed by atoms with Gasteiger partial charge in [0.2, 0.25) is 10.0 Å². The highest BCUT2D eigenvalue weighted by Crippen LogP contribution is 2.25. The SMILES string of the molecule is Cc1cccc(C)c1OC(=O)c1cccc(S(=O)(=O)N2CC(C)OC(C)C2)c1. The molecule has 1 aliphatic rings. The number of nitrogens with zero attached hydrogens (tertiary/aromatic N) is 1. The fourth-order valence-electron chi connectivity index (χ4n) is 3.37. The number of carbonyl (C=O) groups excluding carboxylic acids is 1. The van der Waals surface area contributed by atoms with Gasteiger partial charge in [0.05, 0.1) is 22.7 Å². The second kappa shape index (κ2) is 8.03. The predicted octanol–water partition coefficient (Wildman–Crippen LogP) is 3.32. The van der Waals surface area contributed by atoms with Crippen molar-refractivity contribution < 1.29 is 22.7 Å². The lowest BCUT2D eigenvalue weighted by molar-refractivity contribution is -0.0440. The molecule has 0 amide bonds. The first kappa shape index (κ1) is 20.5.